The molecule has 0 aliphatic heterocycles. The quantitative estimate of drug-likeness (QED) is 0.170. The van der Waals surface area contributed by atoms with Gasteiger partial charge in [-0.25, -0.2) is 0 Å². The molecule has 3 aromatic carbocycles. The molecular formula is C38H42Cl2OZr. The molecule has 0 N–H and O–H groups in total. The van der Waals surface area contributed by atoms with Crippen LogP contribution in [0.2, 0.25) is 0 Å². The largest absolute Gasteiger partial charge is 0.486 e. The maximum Gasteiger partial charge on any atom is 0.0771 e. The summed E-state index contributed by atoms with van der Waals surface area (Å²) in [7, 11) is 0. The van der Waals surface area contributed by atoms with E-state index in [4.69, 9.17) is 4.42 Å². The molecule has 2 aliphatic carbocycles. The zero-order valence-electron chi connectivity index (χ0n) is 25.8. The molecule has 1 aromatic heterocycles. The molecule has 218 valence electrons. The van der Waals surface area contributed by atoms with Gasteiger partial charge in [0.1, 0.15) is 0 Å². The second-order valence-electron chi connectivity index (χ2n) is 12.5. The number of fused-ring (bicyclic) bond motifs is 3. The van der Waals surface area contributed by atoms with E-state index in [9.17, 15) is 0 Å². The van der Waals surface area contributed by atoms with Crippen molar-refractivity contribution in [2.45, 2.75) is 72.1 Å². The van der Waals surface area contributed by atoms with Gasteiger partial charge in [-0.1, -0.05) is 83.4 Å². The molecule has 2 aliphatic rings. The normalized spacial score (nSPS) is 12.7. The van der Waals surface area contributed by atoms with Gasteiger partial charge in [0.2, 0.25) is 0 Å². The fourth-order valence-corrected chi connectivity index (χ4v) is 5.15. The first-order chi connectivity index (χ1) is 18.9. The van der Waals surface area contributed by atoms with Gasteiger partial charge in [0, 0.05) is 6.26 Å². The van der Waals surface area contributed by atoms with E-state index in [2.05, 4.69) is 127 Å². The smallest absolute Gasteiger partial charge is 0.0771 e. The molecule has 4 aromatic rings. The predicted octanol–water partition coefficient (Wildman–Crippen LogP) is 10.7. The van der Waals surface area contributed by atoms with Crippen LogP contribution >= 0.6 is 24.8 Å². The SMILES string of the molecule is CC(C)(C)c1[c-]c2c(cc1)-c1ccc(C(C)(C)C)cc1C2.C[C](=[Zr+2])c1ccccc1.Cl.Cl.[C-]1=C(c2ccoc2)C=CC1. The minimum atomic E-state index is 0. The van der Waals surface area contributed by atoms with Crippen LogP contribution in [0, 0.1) is 12.1 Å². The molecule has 0 amide bonds. The van der Waals surface area contributed by atoms with Crippen LogP contribution in [0.5, 0.6) is 0 Å². The van der Waals surface area contributed by atoms with Crippen LogP contribution in [0.25, 0.3) is 16.7 Å². The van der Waals surface area contributed by atoms with E-state index in [1.807, 2.05) is 12.1 Å². The Bertz CT molecular complexity index is 1450. The van der Waals surface area contributed by atoms with Crippen LogP contribution in [0.3, 0.4) is 0 Å². The Hall–Kier alpha value is -2.25. The van der Waals surface area contributed by atoms with Gasteiger partial charge in [-0.2, -0.15) is 41.5 Å². The summed E-state index contributed by atoms with van der Waals surface area (Å²) in [4.78, 5) is 0. The molecule has 0 atom stereocenters. The summed E-state index contributed by atoms with van der Waals surface area (Å²) in [5.74, 6) is 0. The van der Waals surface area contributed by atoms with Crippen molar-refractivity contribution in [3.63, 3.8) is 0 Å². The minimum absolute atomic E-state index is 0. The standard InChI is InChI=1S/C21H25.C9H7O.C8H8.2ClH.Zr/c1-20(2,3)16-7-9-18-14(12-16)11-15-13-17(21(4,5)6)8-10-19(15)18;1-2-4-8(3-1)9-5-6-10-7-9;1-2-8-6-4-3-5-7-8;;;/h7-10,12H,11H2,1-6H3;1,3,5-7H,2H2;3-7H,1H3;2*1H;/q2*-1;;;;+2. The average Bonchev–Trinajstić information content (AvgIpc) is 3.69. The number of hydrogen-bond donors (Lipinski definition) is 0. The molecule has 0 fully saturated rings. The Balaban J connectivity index is 0.000000245. The Kier molecular flexibility index (Phi) is 13.2. The van der Waals surface area contributed by atoms with Crippen LogP contribution in [-0.4, -0.2) is 3.21 Å². The molecule has 6 rings (SSSR count). The molecule has 4 heteroatoms. The topological polar surface area (TPSA) is 13.1 Å². The molecule has 0 bridgehead atoms. The van der Waals surface area contributed by atoms with Crippen molar-refractivity contribution in [2.75, 3.05) is 0 Å². The zero-order valence-corrected chi connectivity index (χ0v) is 29.9. The molecule has 0 saturated heterocycles. The maximum atomic E-state index is 4.93. The Morgan fingerprint density at radius 3 is 2.05 bits per heavy atom. The first-order valence-corrected chi connectivity index (χ1v) is 15.3. The van der Waals surface area contributed by atoms with Crippen molar-refractivity contribution in [3.8, 4) is 11.1 Å². The third-order valence-corrected chi connectivity index (χ3v) is 7.91. The first-order valence-electron chi connectivity index (χ1n) is 14.0. The first kappa shape index (κ1) is 35.9. The van der Waals surface area contributed by atoms with Crippen LogP contribution in [0.4, 0.5) is 0 Å². The summed E-state index contributed by atoms with van der Waals surface area (Å²) in [5, 5.41) is 0. The molecule has 0 spiro atoms. The number of allylic oxidation sites excluding steroid dienone is 4. The third kappa shape index (κ3) is 9.38. The summed E-state index contributed by atoms with van der Waals surface area (Å²) >= 11 is 1.51. The molecule has 0 unspecified atom stereocenters. The summed E-state index contributed by atoms with van der Waals surface area (Å²) < 4.78 is 6.39. The van der Waals surface area contributed by atoms with Crippen molar-refractivity contribution in [1.29, 1.82) is 0 Å². The van der Waals surface area contributed by atoms with Gasteiger partial charge < -0.3 is 4.42 Å². The van der Waals surface area contributed by atoms with Gasteiger partial charge in [-0.3, -0.25) is 0 Å². The van der Waals surface area contributed by atoms with Gasteiger partial charge in [0.05, 0.1) is 6.26 Å². The number of hydrogen-bond acceptors (Lipinski definition) is 1. The second-order valence-corrected chi connectivity index (χ2v) is 14.4. The summed E-state index contributed by atoms with van der Waals surface area (Å²) in [6.07, 6.45) is 12.7. The second kappa shape index (κ2) is 15.5. The summed E-state index contributed by atoms with van der Waals surface area (Å²) in [5.41, 5.74) is 12.3. The van der Waals surface area contributed by atoms with E-state index in [-0.39, 0.29) is 35.6 Å². The molecule has 1 nitrogen and oxygen atoms in total. The Morgan fingerprint density at radius 1 is 0.833 bits per heavy atom. The Labute approximate surface area is 280 Å². The van der Waals surface area contributed by atoms with Crippen molar-refractivity contribution in [2.24, 2.45) is 0 Å². The van der Waals surface area contributed by atoms with Crippen LogP contribution < -0.4 is 0 Å². The minimum Gasteiger partial charge on any atom is -0.486 e. The van der Waals surface area contributed by atoms with Crippen LogP contribution in [0.1, 0.15) is 88.3 Å². The van der Waals surface area contributed by atoms with E-state index in [0.717, 1.165) is 24.0 Å². The monoisotopic (exact) mass is 674 g/mol. The number of furan rings is 1. The third-order valence-electron chi connectivity index (χ3n) is 7.20. The molecule has 0 radical (unpaired) electrons. The molecule has 1 heterocycles. The number of rotatable bonds is 2. The van der Waals surface area contributed by atoms with Crippen LogP contribution in [0.15, 0.2) is 95.8 Å². The van der Waals surface area contributed by atoms with E-state index < -0.39 is 0 Å². The zero-order chi connectivity index (χ0) is 28.9. The van der Waals surface area contributed by atoms with E-state index in [1.165, 1.54) is 66.4 Å². The molecule has 42 heavy (non-hydrogen) atoms. The number of halogens is 2. The van der Waals surface area contributed by atoms with Crippen molar-refractivity contribution < 1.29 is 28.7 Å². The van der Waals surface area contributed by atoms with Crippen LogP contribution in [-0.2, 0) is 41.5 Å². The van der Waals surface area contributed by atoms with Crippen molar-refractivity contribution in [3.05, 3.63) is 137 Å². The van der Waals surface area contributed by atoms with Crippen molar-refractivity contribution >= 4 is 33.6 Å². The fourth-order valence-electron chi connectivity index (χ4n) is 4.74. The maximum absolute atomic E-state index is 4.93. The van der Waals surface area contributed by atoms with Gasteiger partial charge >= 0.3 is 70.3 Å². The van der Waals surface area contributed by atoms with Gasteiger partial charge in [0.15, 0.2) is 0 Å². The van der Waals surface area contributed by atoms with Gasteiger partial charge in [-0.05, 0) is 28.4 Å². The van der Waals surface area contributed by atoms with E-state index in [1.54, 1.807) is 12.5 Å². The Morgan fingerprint density at radius 2 is 1.52 bits per heavy atom. The number of benzene rings is 3. The van der Waals surface area contributed by atoms with Crippen molar-refractivity contribution in [1.82, 2.24) is 0 Å². The average molecular weight is 677 g/mol. The molecule has 0 saturated carbocycles. The predicted molar refractivity (Wildman–Crippen MR) is 181 cm³/mol. The summed E-state index contributed by atoms with van der Waals surface area (Å²) in [6, 6.07) is 27.6. The van der Waals surface area contributed by atoms with Gasteiger partial charge in [0.25, 0.3) is 0 Å². The van der Waals surface area contributed by atoms with E-state index in [0.29, 0.717) is 0 Å². The fraction of sp³-hybridized carbons (Fsp3) is 0.289. The summed E-state index contributed by atoms with van der Waals surface area (Å²) in [6.45, 7) is 15.8. The van der Waals surface area contributed by atoms with E-state index >= 15 is 0 Å². The van der Waals surface area contributed by atoms with Gasteiger partial charge in [-0.15, -0.1) is 42.0 Å². The molecular weight excluding hydrogens is 635 g/mol.